The summed E-state index contributed by atoms with van der Waals surface area (Å²) in [6, 6.07) is 7.21. The first-order chi connectivity index (χ1) is 10.8. The first-order valence-electron chi connectivity index (χ1n) is 6.17. The number of rotatable bonds is 2. The highest BCUT2D eigenvalue weighted by Gasteiger charge is 2.30. The van der Waals surface area contributed by atoms with Gasteiger partial charge in [-0.15, -0.1) is 0 Å². The number of aromatic nitrogens is 1. The van der Waals surface area contributed by atoms with Crippen molar-refractivity contribution in [3.63, 3.8) is 0 Å². The molecule has 0 aliphatic carbocycles. The molecule has 4 nitrogen and oxygen atoms in total. The summed E-state index contributed by atoms with van der Waals surface area (Å²) in [7, 11) is 0. The summed E-state index contributed by atoms with van der Waals surface area (Å²) in [6.45, 7) is 0. The van der Waals surface area contributed by atoms with E-state index in [2.05, 4.69) is 31.5 Å². The molecule has 0 saturated heterocycles. The third-order valence-electron chi connectivity index (χ3n) is 2.67. The first kappa shape index (κ1) is 17.4. The fourth-order valence-corrected chi connectivity index (χ4v) is 2.02. The standard InChI is InChI=1S/C14H9BrF3N3OS/c15-10-5-6-11(19-7-10)20-13(23)21-12(22)8-1-3-9(4-2-8)14(16,17)18/h1-7H,(H2,19,20,21,22,23). The summed E-state index contributed by atoms with van der Waals surface area (Å²) in [5.74, 6) is -0.195. The van der Waals surface area contributed by atoms with Crippen LogP contribution in [0, 0.1) is 0 Å². The quantitative estimate of drug-likeness (QED) is 0.744. The van der Waals surface area contributed by atoms with E-state index in [1.807, 2.05) is 0 Å². The van der Waals surface area contributed by atoms with Crippen LogP contribution in [0.15, 0.2) is 47.1 Å². The fourth-order valence-electron chi connectivity index (χ4n) is 1.58. The molecule has 1 aromatic heterocycles. The number of hydrogen-bond donors (Lipinski definition) is 2. The lowest BCUT2D eigenvalue weighted by Crippen LogP contribution is -2.34. The van der Waals surface area contributed by atoms with Crippen molar-refractivity contribution in [3.8, 4) is 0 Å². The third kappa shape index (κ3) is 5.00. The zero-order valence-electron chi connectivity index (χ0n) is 11.3. The van der Waals surface area contributed by atoms with Gasteiger partial charge in [-0.25, -0.2) is 4.98 Å². The number of carbonyl (C=O) groups excluding carboxylic acids is 1. The second-order valence-electron chi connectivity index (χ2n) is 4.35. The van der Waals surface area contributed by atoms with Crippen LogP contribution in [0.4, 0.5) is 19.0 Å². The number of halogens is 4. The van der Waals surface area contributed by atoms with Gasteiger partial charge in [-0.2, -0.15) is 13.2 Å². The Bertz CT molecular complexity index is 718. The molecule has 0 aliphatic rings. The number of amides is 1. The fraction of sp³-hybridized carbons (Fsp3) is 0.0714. The second kappa shape index (κ2) is 7.05. The number of nitrogens with zero attached hydrogens (tertiary/aromatic N) is 1. The molecule has 9 heteroatoms. The Morgan fingerprint density at radius 2 is 1.78 bits per heavy atom. The molecule has 120 valence electrons. The summed E-state index contributed by atoms with van der Waals surface area (Å²) >= 11 is 8.18. The predicted molar refractivity (Wildman–Crippen MR) is 87.1 cm³/mol. The molecule has 1 amide bonds. The van der Waals surface area contributed by atoms with Crippen LogP contribution in [-0.4, -0.2) is 16.0 Å². The van der Waals surface area contributed by atoms with Crippen LogP contribution in [0.25, 0.3) is 0 Å². The molecule has 0 spiro atoms. The van der Waals surface area contributed by atoms with Crippen molar-refractivity contribution in [2.45, 2.75) is 6.18 Å². The minimum Gasteiger partial charge on any atom is -0.317 e. The summed E-state index contributed by atoms with van der Waals surface area (Å²) in [6.07, 6.45) is -2.90. The van der Waals surface area contributed by atoms with Gasteiger partial charge in [0, 0.05) is 16.2 Å². The maximum Gasteiger partial charge on any atom is 0.416 e. The average molecular weight is 404 g/mol. The number of benzene rings is 1. The van der Waals surface area contributed by atoms with Gasteiger partial charge in [0.1, 0.15) is 5.82 Å². The lowest BCUT2D eigenvalue weighted by molar-refractivity contribution is -0.137. The van der Waals surface area contributed by atoms with Crippen LogP contribution in [0.1, 0.15) is 15.9 Å². The maximum absolute atomic E-state index is 12.5. The van der Waals surface area contributed by atoms with Crippen molar-refractivity contribution in [1.82, 2.24) is 10.3 Å². The van der Waals surface area contributed by atoms with E-state index >= 15 is 0 Å². The van der Waals surface area contributed by atoms with Crippen LogP contribution < -0.4 is 10.6 Å². The van der Waals surface area contributed by atoms with Crippen molar-refractivity contribution >= 4 is 45.0 Å². The Morgan fingerprint density at radius 1 is 1.13 bits per heavy atom. The summed E-state index contributed by atoms with van der Waals surface area (Å²) in [5, 5.41) is 5.05. The van der Waals surface area contributed by atoms with Crippen LogP contribution in [0.3, 0.4) is 0 Å². The van der Waals surface area contributed by atoms with Crippen molar-refractivity contribution in [2.24, 2.45) is 0 Å². The van der Waals surface area contributed by atoms with E-state index in [-0.39, 0.29) is 10.7 Å². The Balaban J connectivity index is 1.98. The molecule has 0 fully saturated rings. The molecular formula is C14H9BrF3N3OS. The van der Waals surface area contributed by atoms with E-state index in [1.165, 1.54) is 0 Å². The molecule has 2 N–H and O–H groups in total. The zero-order valence-corrected chi connectivity index (χ0v) is 13.7. The average Bonchev–Trinajstić information content (AvgIpc) is 2.49. The number of alkyl halides is 3. The first-order valence-corrected chi connectivity index (χ1v) is 7.37. The maximum atomic E-state index is 12.5. The van der Waals surface area contributed by atoms with E-state index in [9.17, 15) is 18.0 Å². The normalized spacial score (nSPS) is 11.0. The van der Waals surface area contributed by atoms with Gasteiger partial charge in [0.2, 0.25) is 0 Å². The molecular weight excluding hydrogens is 395 g/mol. The molecule has 0 atom stereocenters. The Kier molecular flexibility index (Phi) is 5.32. The van der Waals surface area contributed by atoms with Gasteiger partial charge >= 0.3 is 6.18 Å². The number of hydrogen-bond acceptors (Lipinski definition) is 3. The lowest BCUT2D eigenvalue weighted by atomic mass is 10.1. The van der Waals surface area contributed by atoms with Crippen molar-refractivity contribution < 1.29 is 18.0 Å². The summed E-state index contributed by atoms with van der Waals surface area (Å²) in [4.78, 5) is 15.9. The van der Waals surface area contributed by atoms with Crippen LogP contribution in [0.5, 0.6) is 0 Å². The minimum atomic E-state index is -4.45. The molecule has 1 heterocycles. The summed E-state index contributed by atoms with van der Waals surface area (Å²) in [5.41, 5.74) is -0.764. The van der Waals surface area contributed by atoms with Crippen LogP contribution >= 0.6 is 28.1 Å². The van der Waals surface area contributed by atoms with Crippen molar-refractivity contribution in [2.75, 3.05) is 5.32 Å². The summed E-state index contributed by atoms with van der Waals surface area (Å²) < 4.78 is 38.2. The van der Waals surface area contributed by atoms with E-state index in [0.717, 1.165) is 28.7 Å². The van der Waals surface area contributed by atoms with Crippen molar-refractivity contribution in [3.05, 3.63) is 58.2 Å². The minimum absolute atomic E-state index is 0.00952. The number of thiocarbonyl (C=S) groups is 1. The molecule has 0 saturated carbocycles. The third-order valence-corrected chi connectivity index (χ3v) is 3.34. The molecule has 0 unspecified atom stereocenters. The molecule has 23 heavy (non-hydrogen) atoms. The molecule has 0 bridgehead atoms. The van der Waals surface area contributed by atoms with E-state index in [4.69, 9.17) is 12.2 Å². The Morgan fingerprint density at radius 3 is 2.30 bits per heavy atom. The van der Waals surface area contributed by atoms with Gasteiger partial charge in [-0.05, 0) is 64.5 Å². The molecule has 1 aromatic carbocycles. The number of anilines is 1. The number of nitrogens with one attached hydrogen (secondary N) is 2. The van der Waals surface area contributed by atoms with Gasteiger partial charge in [-0.3, -0.25) is 10.1 Å². The molecule has 0 radical (unpaired) electrons. The largest absolute Gasteiger partial charge is 0.416 e. The zero-order chi connectivity index (χ0) is 17.0. The Labute approximate surface area is 143 Å². The van der Waals surface area contributed by atoms with Crippen LogP contribution in [0.2, 0.25) is 0 Å². The van der Waals surface area contributed by atoms with E-state index < -0.39 is 17.6 Å². The highest BCUT2D eigenvalue weighted by molar-refractivity contribution is 9.10. The Hall–Kier alpha value is -2.00. The van der Waals surface area contributed by atoms with Crippen molar-refractivity contribution in [1.29, 1.82) is 0 Å². The SMILES string of the molecule is O=C(NC(=S)Nc1ccc(Br)cn1)c1ccc(C(F)(F)F)cc1. The van der Waals surface area contributed by atoms with E-state index in [0.29, 0.717) is 5.82 Å². The molecule has 2 rings (SSSR count). The number of carbonyl (C=O) groups is 1. The number of pyridine rings is 1. The molecule has 2 aromatic rings. The van der Waals surface area contributed by atoms with E-state index in [1.54, 1.807) is 18.3 Å². The monoisotopic (exact) mass is 403 g/mol. The van der Waals surface area contributed by atoms with Crippen LogP contribution in [-0.2, 0) is 6.18 Å². The topological polar surface area (TPSA) is 54.0 Å². The predicted octanol–water partition coefficient (Wildman–Crippen LogP) is 3.99. The van der Waals surface area contributed by atoms with Gasteiger partial charge in [-0.1, -0.05) is 0 Å². The van der Waals surface area contributed by atoms with Gasteiger partial charge in [0.25, 0.3) is 5.91 Å². The van der Waals surface area contributed by atoms with Gasteiger partial charge < -0.3 is 5.32 Å². The lowest BCUT2D eigenvalue weighted by Gasteiger charge is -2.10. The van der Waals surface area contributed by atoms with Gasteiger partial charge in [0.05, 0.1) is 5.56 Å². The smallest absolute Gasteiger partial charge is 0.317 e. The second-order valence-corrected chi connectivity index (χ2v) is 5.67. The van der Waals surface area contributed by atoms with Gasteiger partial charge in [0.15, 0.2) is 5.11 Å². The molecule has 0 aliphatic heterocycles. The highest BCUT2D eigenvalue weighted by atomic mass is 79.9. The highest BCUT2D eigenvalue weighted by Crippen LogP contribution is 2.29.